The summed E-state index contributed by atoms with van der Waals surface area (Å²) in [6, 6.07) is 0. The topological polar surface area (TPSA) is 141 Å². The molecule has 0 bridgehead atoms. The Morgan fingerprint density at radius 3 is 1.52 bits per heavy atom. The summed E-state index contributed by atoms with van der Waals surface area (Å²) in [7, 11) is 0. The van der Waals surface area contributed by atoms with Gasteiger partial charge in [-0.15, -0.1) is 0 Å². The first-order valence-electron chi connectivity index (χ1n) is 7.99. The first kappa shape index (κ1) is 22.4. The lowest BCUT2D eigenvalue weighted by molar-refractivity contribution is -0.300. The van der Waals surface area contributed by atoms with Crippen LogP contribution in [0.5, 0.6) is 0 Å². The number of esters is 5. The Hall–Kier alpha value is -2.69. The molecule has 0 spiro atoms. The third-order valence-electron chi connectivity index (χ3n) is 3.23. The molecule has 0 N–H and O–H groups in total. The normalized spacial score (nSPS) is 27.1. The largest absolute Gasteiger partial charge is 0.463 e. The number of rotatable bonds is 6. The van der Waals surface area contributed by atoms with Crippen molar-refractivity contribution in [2.75, 3.05) is 6.61 Å². The molecule has 0 aromatic carbocycles. The van der Waals surface area contributed by atoms with E-state index in [9.17, 15) is 24.0 Å². The van der Waals surface area contributed by atoms with Crippen molar-refractivity contribution in [3.05, 3.63) is 0 Å². The summed E-state index contributed by atoms with van der Waals surface area (Å²) in [6.45, 7) is 5.13. The fourth-order valence-electron chi connectivity index (χ4n) is 2.45. The minimum absolute atomic E-state index is 0.393. The van der Waals surface area contributed by atoms with Crippen molar-refractivity contribution in [3.8, 4) is 0 Å². The van der Waals surface area contributed by atoms with Crippen LogP contribution in [0.1, 0.15) is 34.6 Å². The van der Waals surface area contributed by atoms with Crippen LogP contribution in [0.15, 0.2) is 0 Å². The number of hydrogen-bond acceptors (Lipinski definition) is 11. The summed E-state index contributed by atoms with van der Waals surface area (Å²) in [5, 5.41) is 0. The molecule has 152 valence electrons. The van der Waals surface area contributed by atoms with Crippen LogP contribution in [0.3, 0.4) is 0 Å². The summed E-state index contributed by atoms with van der Waals surface area (Å²) >= 11 is 0. The van der Waals surface area contributed by atoms with E-state index >= 15 is 0 Å². The maximum absolute atomic E-state index is 11.5. The highest BCUT2D eigenvalue weighted by molar-refractivity contribution is 5.69. The molecule has 0 aromatic rings. The molecule has 1 aliphatic heterocycles. The summed E-state index contributed by atoms with van der Waals surface area (Å²) in [6.07, 6.45) is -6.70. The van der Waals surface area contributed by atoms with E-state index in [4.69, 9.17) is 28.4 Å². The number of ether oxygens (including phenoxy) is 6. The molecule has 0 amide bonds. The highest BCUT2D eigenvalue weighted by Crippen LogP contribution is 2.29. The maximum atomic E-state index is 11.5. The van der Waals surface area contributed by atoms with Crippen molar-refractivity contribution in [1.29, 1.82) is 0 Å². The molecular weight excluding hydrogens is 374 g/mol. The van der Waals surface area contributed by atoms with Gasteiger partial charge in [-0.1, -0.05) is 0 Å². The molecule has 0 saturated carbocycles. The van der Waals surface area contributed by atoms with Crippen LogP contribution in [-0.2, 0) is 52.4 Å². The molecule has 1 rings (SSSR count). The Balaban J connectivity index is 3.29. The third-order valence-corrected chi connectivity index (χ3v) is 3.23. The van der Waals surface area contributed by atoms with Gasteiger partial charge in [0.1, 0.15) is 12.7 Å². The monoisotopic (exact) mass is 396 g/mol. The van der Waals surface area contributed by atoms with Crippen molar-refractivity contribution in [2.45, 2.75) is 65.3 Å². The van der Waals surface area contributed by atoms with E-state index in [1.165, 1.54) is 0 Å². The smallest absolute Gasteiger partial charge is 0.305 e. The molecule has 1 saturated heterocycles. The third kappa shape index (κ3) is 7.21. The minimum Gasteiger partial charge on any atom is -0.463 e. The average Bonchev–Trinajstić information content (AvgIpc) is 2.49. The standard InChI is InChI=1S/C16H22O11/c1-7(17)22-6-12-13(23-8(2)18)14(24-9(3)19)15(25-10(4)20)16(27-12)26-11(5)21/h12-16H,6H2,1-5H3/t12-,13-,14+,15-,16?/m1/s1/i6+1,12+1,13+1,14+1,15+1,16+1. The summed E-state index contributed by atoms with van der Waals surface area (Å²) in [5.41, 5.74) is 0. The van der Waals surface area contributed by atoms with Gasteiger partial charge in [0.25, 0.3) is 0 Å². The number of carbonyl (C=O) groups is 5. The highest BCUT2D eigenvalue weighted by atomic mass is 16.9. The summed E-state index contributed by atoms with van der Waals surface area (Å²) in [5.74, 6) is -3.71. The van der Waals surface area contributed by atoms with E-state index in [-0.39, 0.29) is 0 Å². The van der Waals surface area contributed by atoms with Crippen LogP contribution in [0, 0.1) is 0 Å². The van der Waals surface area contributed by atoms with Gasteiger partial charge in [-0.25, -0.2) is 0 Å². The maximum Gasteiger partial charge on any atom is 0.305 e. The van der Waals surface area contributed by atoms with Gasteiger partial charge in [0.2, 0.25) is 12.4 Å². The minimum atomic E-state index is -1.48. The molecule has 1 aliphatic rings. The van der Waals surface area contributed by atoms with Gasteiger partial charge in [0.15, 0.2) is 12.2 Å². The van der Waals surface area contributed by atoms with E-state index in [0.29, 0.717) is 0 Å². The number of carbonyl (C=O) groups excluding carboxylic acids is 5. The lowest BCUT2D eigenvalue weighted by atomic mass is 10.8. The Bertz CT molecular complexity index is 599. The molecule has 0 aromatic heterocycles. The first-order valence-corrected chi connectivity index (χ1v) is 7.99. The van der Waals surface area contributed by atoms with Gasteiger partial charge in [-0.05, 0) is 0 Å². The molecule has 1 fully saturated rings. The van der Waals surface area contributed by atoms with Gasteiger partial charge in [0.05, 0.1) is 0 Å². The summed E-state index contributed by atoms with van der Waals surface area (Å²) in [4.78, 5) is 57.0. The van der Waals surface area contributed by atoms with Crippen molar-refractivity contribution < 1.29 is 52.4 Å². The van der Waals surface area contributed by atoms with Gasteiger partial charge in [-0.3, -0.25) is 24.0 Å². The predicted octanol–water partition coefficient (Wildman–Crippen LogP) is -0.367. The SMILES string of the molecule is CC(=O)O[13CH2][13C@H]1O[13CH](OC(C)=O)[13C@H](OC(C)=O)[13C@@H](OC(C)=O)[13C@@H]1OC(C)=O. The lowest BCUT2D eigenvalue weighted by Gasteiger charge is -2.43. The zero-order chi connectivity index (χ0) is 20.7. The second-order valence-corrected chi connectivity index (χ2v) is 5.68. The Morgan fingerprint density at radius 1 is 0.630 bits per heavy atom. The van der Waals surface area contributed by atoms with E-state index in [2.05, 4.69) is 0 Å². The van der Waals surface area contributed by atoms with Crippen molar-refractivity contribution in [2.24, 2.45) is 0 Å². The summed E-state index contributed by atoms with van der Waals surface area (Å²) < 4.78 is 30.8. The predicted molar refractivity (Wildman–Crippen MR) is 83.7 cm³/mol. The van der Waals surface area contributed by atoms with Crippen LogP contribution in [-0.4, -0.2) is 67.2 Å². The van der Waals surface area contributed by atoms with Crippen LogP contribution in [0.2, 0.25) is 0 Å². The molecule has 5 atom stereocenters. The second kappa shape index (κ2) is 9.86. The molecule has 27 heavy (non-hydrogen) atoms. The molecular formula is C16H22O11. The van der Waals surface area contributed by atoms with E-state index < -0.39 is 67.2 Å². The lowest BCUT2D eigenvalue weighted by Crippen LogP contribution is -2.63. The molecule has 11 heteroatoms. The zero-order valence-corrected chi connectivity index (χ0v) is 15.6. The average molecular weight is 396 g/mol. The fourth-order valence-corrected chi connectivity index (χ4v) is 2.45. The first-order chi connectivity index (χ1) is 12.5. The van der Waals surface area contributed by atoms with Crippen LogP contribution in [0.25, 0.3) is 0 Å². The highest BCUT2D eigenvalue weighted by Gasteiger charge is 2.53. The van der Waals surface area contributed by atoms with Gasteiger partial charge < -0.3 is 28.4 Å². The van der Waals surface area contributed by atoms with Crippen molar-refractivity contribution in [3.63, 3.8) is 0 Å². The molecule has 1 heterocycles. The molecule has 0 radical (unpaired) electrons. The quantitative estimate of drug-likeness (QED) is 0.330. The van der Waals surface area contributed by atoms with Crippen LogP contribution < -0.4 is 0 Å². The van der Waals surface area contributed by atoms with Crippen molar-refractivity contribution in [1.82, 2.24) is 0 Å². The van der Waals surface area contributed by atoms with Crippen LogP contribution >= 0.6 is 0 Å². The van der Waals surface area contributed by atoms with Crippen LogP contribution in [0.4, 0.5) is 0 Å². The molecule has 1 unspecified atom stereocenters. The van der Waals surface area contributed by atoms with Gasteiger partial charge >= 0.3 is 29.8 Å². The second-order valence-electron chi connectivity index (χ2n) is 5.68. The fraction of sp³-hybridized carbons (Fsp3) is 0.688. The Labute approximate surface area is 155 Å². The van der Waals surface area contributed by atoms with Crippen molar-refractivity contribution >= 4 is 29.8 Å². The number of hydrogen-bond donors (Lipinski definition) is 0. The van der Waals surface area contributed by atoms with E-state index in [1.807, 2.05) is 0 Å². The molecule has 11 nitrogen and oxygen atoms in total. The molecule has 0 aliphatic carbocycles. The van der Waals surface area contributed by atoms with E-state index in [0.717, 1.165) is 34.6 Å². The Kier molecular flexibility index (Phi) is 8.16. The Morgan fingerprint density at radius 2 is 1.07 bits per heavy atom. The van der Waals surface area contributed by atoms with Gasteiger partial charge in [0, 0.05) is 34.6 Å². The van der Waals surface area contributed by atoms with E-state index in [1.54, 1.807) is 0 Å². The van der Waals surface area contributed by atoms with Gasteiger partial charge in [-0.2, -0.15) is 0 Å². The zero-order valence-electron chi connectivity index (χ0n) is 15.6.